The molecule has 0 atom stereocenters. The second kappa shape index (κ2) is 13.7. The molecule has 1 N–H and O–H groups in total. The predicted octanol–water partition coefficient (Wildman–Crippen LogP) is 8.82. The van der Waals surface area contributed by atoms with Crippen molar-refractivity contribution in [3.05, 3.63) is 78.2 Å². The molecule has 0 unspecified atom stereocenters. The molecule has 0 amide bonds. The van der Waals surface area contributed by atoms with Crippen molar-refractivity contribution in [3.8, 4) is 11.6 Å². The summed E-state index contributed by atoms with van der Waals surface area (Å²) in [5, 5.41) is 12.0. The SMILES string of the molecule is CC(C)c1ccc2c(Oc3[c-]cccc3)nccc2c1.CCC(C)(C)C(=O)/C=C(\O)C(C)(C)CC.[Ir]. The van der Waals surface area contributed by atoms with E-state index in [4.69, 9.17) is 4.74 Å². The third-order valence-corrected chi connectivity index (χ3v) is 6.70. The largest absolute Gasteiger partial charge is 0.512 e. The van der Waals surface area contributed by atoms with Gasteiger partial charge in [0.05, 0.1) is 0 Å². The van der Waals surface area contributed by atoms with Gasteiger partial charge in [0, 0.05) is 54.3 Å². The van der Waals surface area contributed by atoms with Crippen LogP contribution in [0, 0.1) is 16.9 Å². The van der Waals surface area contributed by atoms with Crippen molar-refractivity contribution in [2.24, 2.45) is 10.8 Å². The number of hydrogen-bond acceptors (Lipinski definition) is 4. The second-order valence-corrected chi connectivity index (χ2v) is 10.4. The van der Waals surface area contributed by atoms with Crippen molar-refractivity contribution in [2.75, 3.05) is 0 Å². The summed E-state index contributed by atoms with van der Waals surface area (Å²) in [6.45, 7) is 16.0. The fourth-order valence-corrected chi connectivity index (χ4v) is 3.02. The number of nitrogens with zero attached hydrogens (tertiary/aromatic N) is 1. The van der Waals surface area contributed by atoms with Gasteiger partial charge in [0.25, 0.3) is 0 Å². The van der Waals surface area contributed by atoms with E-state index in [-0.39, 0.29) is 42.5 Å². The average Bonchev–Trinajstić information content (AvgIpc) is 2.84. The molecule has 36 heavy (non-hydrogen) atoms. The molecular weight excluding hydrogens is 627 g/mol. The Morgan fingerprint density at radius 2 is 1.72 bits per heavy atom. The molecular formula is C31H40IrNO3-. The molecule has 0 aliphatic carbocycles. The van der Waals surface area contributed by atoms with Gasteiger partial charge in [0.2, 0.25) is 5.88 Å². The molecule has 0 aliphatic rings. The maximum atomic E-state index is 11.8. The number of ether oxygens (including phenoxy) is 1. The minimum atomic E-state index is -0.377. The van der Waals surface area contributed by atoms with Gasteiger partial charge in [-0.1, -0.05) is 67.5 Å². The third-order valence-electron chi connectivity index (χ3n) is 6.70. The van der Waals surface area contributed by atoms with Gasteiger partial charge in [-0.25, -0.2) is 4.98 Å². The quantitative estimate of drug-likeness (QED) is 0.148. The first-order chi connectivity index (χ1) is 16.4. The van der Waals surface area contributed by atoms with Crippen molar-refractivity contribution in [3.63, 3.8) is 0 Å². The molecule has 3 rings (SSSR count). The zero-order valence-corrected chi connectivity index (χ0v) is 25.2. The van der Waals surface area contributed by atoms with Gasteiger partial charge in [-0.15, -0.1) is 12.1 Å². The van der Waals surface area contributed by atoms with Crippen LogP contribution in [0.1, 0.15) is 79.7 Å². The molecule has 4 nitrogen and oxygen atoms in total. The summed E-state index contributed by atoms with van der Waals surface area (Å²) < 4.78 is 5.83. The van der Waals surface area contributed by atoms with E-state index in [9.17, 15) is 9.90 Å². The standard InChI is InChI=1S/C18H16NO.C13H24O2.Ir/c1-13(2)14-8-9-17-15(12-14)10-11-19-18(17)20-16-6-4-3-5-7-16;1-7-12(3,4)10(14)9-11(15)13(5,6)8-2;/h3-6,8-13H,1-2H3;9,14H,7-8H2,1-6H3;/q-1;;/b;10-9-;. The van der Waals surface area contributed by atoms with E-state index in [1.165, 1.54) is 11.6 Å². The van der Waals surface area contributed by atoms with E-state index >= 15 is 0 Å². The molecule has 1 heterocycles. The number of rotatable bonds is 8. The zero-order chi connectivity index (χ0) is 26.2. The van der Waals surface area contributed by atoms with Gasteiger partial charge in [-0.3, -0.25) is 4.79 Å². The van der Waals surface area contributed by atoms with Crippen LogP contribution < -0.4 is 4.74 Å². The van der Waals surface area contributed by atoms with Crippen LogP contribution in [0.15, 0.2) is 66.6 Å². The van der Waals surface area contributed by atoms with Crippen LogP contribution in [0.2, 0.25) is 0 Å². The van der Waals surface area contributed by atoms with Crippen molar-refractivity contribution in [2.45, 2.75) is 74.1 Å². The first-order valence-corrected chi connectivity index (χ1v) is 12.4. The van der Waals surface area contributed by atoms with E-state index < -0.39 is 0 Å². The van der Waals surface area contributed by atoms with Gasteiger partial charge < -0.3 is 9.84 Å². The number of aliphatic hydroxyl groups is 1. The number of carbonyl (C=O) groups is 1. The molecule has 0 spiro atoms. The summed E-state index contributed by atoms with van der Waals surface area (Å²) in [5.41, 5.74) is 0.637. The van der Waals surface area contributed by atoms with Crippen LogP contribution in [0.5, 0.6) is 11.6 Å². The minimum Gasteiger partial charge on any atom is -0.512 e. The Bertz CT molecular complexity index is 1150. The van der Waals surface area contributed by atoms with Crippen molar-refractivity contribution in [1.82, 2.24) is 4.98 Å². The topological polar surface area (TPSA) is 59.4 Å². The molecule has 0 aliphatic heterocycles. The Hall–Kier alpha value is -2.49. The maximum absolute atomic E-state index is 11.8. The summed E-state index contributed by atoms with van der Waals surface area (Å²) in [5.74, 6) is 2.01. The molecule has 2 aromatic carbocycles. The summed E-state index contributed by atoms with van der Waals surface area (Å²) in [6.07, 6.45) is 4.77. The number of aromatic nitrogens is 1. The van der Waals surface area contributed by atoms with Crippen molar-refractivity contribution >= 4 is 16.6 Å². The summed E-state index contributed by atoms with van der Waals surface area (Å²) >= 11 is 0. The minimum absolute atomic E-state index is 0. The van der Waals surface area contributed by atoms with Crippen LogP contribution >= 0.6 is 0 Å². The third kappa shape index (κ3) is 8.57. The normalized spacial score (nSPS) is 12.0. The molecule has 3 aromatic rings. The van der Waals surface area contributed by atoms with E-state index in [2.05, 4.69) is 43.1 Å². The number of fused-ring (bicyclic) bond motifs is 1. The Morgan fingerprint density at radius 1 is 1.06 bits per heavy atom. The average molecular weight is 667 g/mol. The van der Waals surface area contributed by atoms with Crippen molar-refractivity contribution < 1.29 is 34.7 Å². The van der Waals surface area contributed by atoms with Gasteiger partial charge in [0.15, 0.2) is 5.78 Å². The second-order valence-electron chi connectivity index (χ2n) is 10.4. The Labute approximate surface area is 230 Å². The van der Waals surface area contributed by atoms with E-state index in [0.29, 0.717) is 17.5 Å². The van der Waals surface area contributed by atoms with Crippen molar-refractivity contribution in [1.29, 1.82) is 0 Å². The summed E-state index contributed by atoms with van der Waals surface area (Å²) in [7, 11) is 0. The predicted molar refractivity (Wildman–Crippen MR) is 145 cm³/mol. The summed E-state index contributed by atoms with van der Waals surface area (Å²) in [6, 6.07) is 19.0. The smallest absolute Gasteiger partial charge is 0.224 e. The number of hydrogen-bond donors (Lipinski definition) is 1. The van der Waals surface area contributed by atoms with Gasteiger partial charge >= 0.3 is 0 Å². The monoisotopic (exact) mass is 667 g/mol. The van der Waals surface area contributed by atoms with Crippen LogP contribution in [-0.4, -0.2) is 15.9 Å². The number of para-hydroxylation sites is 1. The Morgan fingerprint density at radius 3 is 2.28 bits per heavy atom. The van der Waals surface area contributed by atoms with E-state index in [1.54, 1.807) is 6.20 Å². The van der Waals surface area contributed by atoms with Gasteiger partial charge in [0.1, 0.15) is 5.76 Å². The molecule has 1 radical (unpaired) electrons. The number of aliphatic hydroxyl groups excluding tert-OH is 1. The maximum Gasteiger partial charge on any atom is 0.224 e. The first kappa shape index (κ1) is 31.5. The number of benzene rings is 2. The number of pyridine rings is 1. The van der Waals surface area contributed by atoms with Crippen LogP contribution in [0.4, 0.5) is 0 Å². The Balaban J connectivity index is 0.000000367. The molecule has 0 fully saturated rings. The fourth-order valence-electron chi connectivity index (χ4n) is 3.02. The van der Waals surface area contributed by atoms with Crippen LogP contribution in [0.3, 0.4) is 0 Å². The molecule has 197 valence electrons. The molecule has 0 bridgehead atoms. The zero-order valence-electron chi connectivity index (χ0n) is 22.8. The van der Waals surface area contributed by atoms with Crippen LogP contribution in [0.25, 0.3) is 10.8 Å². The van der Waals surface area contributed by atoms with Crippen LogP contribution in [-0.2, 0) is 24.9 Å². The molecule has 0 saturated carbocycles. The molecule has 1 aromatic heterocycles. The van der Waals surface area contributed by atoms with E-state index in [0.717, 1.165) is 23.6 Å². The Kier molecular flexibility index (Phi) is 12.0. The van der Waals surface area contributed by atoms with E-state index in [1.807, 2.05) is 71.9 Å². The number of ketones is 1. The molecule has 5 heteroatoms. The first-order valence-electron chi connectivity index (χ1n) is 12.4. The number of carbonyl (C=O) groups excluding carboxylic acids is 1. The molecule has 0 saturated heterocycles. The van der Waals surface area contributed by atoms with Gasteiger partial charge in [-0.2, -0.15) is 18.2 Å². The number of allylic oxidation sites excluding steroid dienone is 2. The fraction of sp³-hybridized carbons (Fsp3) is 0.419. The summed E-state index contributed by atoms with van der Waals surface area (Å²) in [4.78, 5) is 16.2. The van der Waals surface area contributed by atoms with Gasteiger partial charge in [-0.05, 0) is 41.8 Å².